The van der Waals surface area contributed by atoms with E-state index in [9.17, 15) is 13.9 Å². The zero-order valence-corrected chi connectivity index (χ0v) is 10.1. The van der Waals surface area contributed by atoms with Crippen LogP contribution in [0.2, 0.25) is 0 Å². The summed E-state index contributed by atoms with van der Waals surface area (Å²) < 4.78 is 24.4. The summed E-state index contributed by atoms with van der Waals surface area (Å²) in [5, 5.41) is 9.70. The number of hydrogen-bond acceptors (Lipinski definition) is 3. The summed E-state index contributed by atoms with van der Waals surface area (Å²) in [4.78, 5) is 3.94. The van der Waals surface area contributed by atoms with Crippen molar-refractivity contribution in [2.75, 3.05) is 39.3 Å². The van der Waals surface area contributed by atoms with Crippen molar-refractivity contribution in [2.24, 2.45) is 0 Å². The Hall–Kier alpha value is -0.260. The maximum Gasteiger partial charge on any atom is 0.251 e. The van der Waals surface area contributed by atoms with Gasteiger partial charge in [-0.2, -0.15) is 0 Å². The number of β-amino-alcohol motifs (C(OH)–C–C–N with tert-alkyl or cyclic N) is 1. The van der Waals surface area contributed by atoms with Gasteiger partial charge in [-0.15, -0.1) is 0 Å². The second kappa shape index (κ2) is 5.89. The second-order valence-electron chi connectivity index (χ2n) is 5.13. The molecule has 16 heavy (non-hydrogen) atoms. The predicted octanol–water partition coefficient (Wildman–Crippen LogP) is 1.03. The Morgan fingerprint density at radius 2 is 1.69 bits per heavy atom. The molecule has 0 aromatic carbocycles. The van der Waals surface area contributed by atoms with Crippen molar-refractivity contribution in [3.05, 3.63) is 0 Å². The Morgan fingerprint density at radius 3 is 2.25 bits per heavy atom. The maximum absolute atomic E-state index is 12.2. The van der Waals surface area contributed by atoms with Gasteiger partial charge in [0.25, 0.3) is 6.43 Å². The zero-order chi connectivity index (χ0) is 12.2. The molecule has 0 unspecified atom stereocenters. The Balaban J connectivity index is 2.34. The molecule has 0 spiro atoms. The molecule has 0 bridgehead atoms. The summed E-state index contributed by atoms with van der Waals surface area (Å²) in [7, 11) is 0. The van der Waals surface area contributed by atoms with E-state index in [0.717, 1.165) is 26.1 Å². The summed E-state index contributed by atoms with van der Waals surface area (Å²) >= 11 is 0. The van der Waals surface area contributed by atoms with Gasteiger partial charge in [0.05, 0.1) is 12.1 Å². The van der Waals surface area contributed by atoms with E-state index in [-0.39, 0.29) is 6.54 Å². The van der Waals surface area contributed by atoms with Crippen molar-refractivity contribution in [2.45, 2.75) is 32.3 Å². The second-order valence-corrected chi connectivity index (χ2v) is 5.13. The first-order chi connectivity index (χ1) is 7.37. The van der Waals surface area contributed by atoms with Gasteiger partial charge in [-0.1, -0.05) is 0 Å². The van der Waals surface area contributed by atoms with Gasteiger partial charge in [-0.05, 0) is 33.4 Å². The van der Waals surface area contributed by atoms with Crippen LogP contribution in [0.5, 0.6) is 0 Å². The van der Waals surface area contributed by atoms with Crippen LogP contribution in [0.3, 0.4) is 0 Å². The lowest BCUT2D eigenvalue weighted by Gasteiger charge is -2.27. The highest BCUT2D eigenvalue weighted by atomic mass is 19.3. The monoisotopic (exact) mass is 236 g/mol. The molecule has 0 radical (unpaired) electrons. The third-order valence-electron chi connectivity index (χ3n) is 2.69. The molecule has 1 N–H and O–H groups in total. The average molecular weight is 236 g/mol. The lowest BCUT2D eigenvalue weighted by Crippen LogP contribution is -2.41. The molecule has 0 atom stereocenters. The first-order valence-electron chi connectivity index (χ1n) is 5.82. The molecule has 1 fully saturated rings. The van der Waals surface area contributed by atoms with E-state index >= 15 is 0 Å². The van der Waals surface area contributed by atoms with Crippen molar-refractivity contribution < 1.29 is 13.9 Å². The van der Waals surface area contributed by atoms with Crippen LogP contribution in [0.4, 0.5) is 8.78 Å². The van der Waals surface area contributed by atoms with Crippen LogP contribution in [0.15, 0.2) is 0 Å². The third kappa shape index (κ3) is 5.72. The standard InChI is InChI=1S/C11H22F2N2O/c1-11(2,16)9-15-5-3-4-14(6-7-15)8-10(12)13/h10,16H,3-9H2,1-2H3. The summed E-state index contributed by atoms with van der Waals surface area (Å²) in [6.45, 7) is 7.06. The Kier molecular flexibility index (Phi) is 5.08. The molecule has 0 aliphatic carbocycles. The number of alkyl halides is 2. The summed E-state index contributed by atoms with van der Waals surface area (Å²) in [5.41, 5.74) is -0.710. The lowest BCUT2D eigenvalue weighted by molar-refractivity contribution is 0.0362. The van der Waals surface area contributed by atoms with Gasteiger partial charge in [0, 0.05) is 19.6 Å². The van der Waals surface area contributed by atoms with Crippen LogP contribution in [0.1, 0.15) is 20.3 Å². The van der Waals surface area contributed by atoms with E-state index in [1.807, 2.05) is 0 Å². The Bertz CT molecular complexity index is 207. The van der Waals surface area contributed by atoms with Crippen molar-refractivity contribution >= 4 is 0 Å². The van der Waals surface area contributed by atoms with Crippen LogP contribution in [0.25, 0.3) is 0 Å². The van der Waals surface area contributed by atoms with Gasteiger partial charge in [0.1, 0.15) is 0 Å². The normalized spacial score (nSPS) is 21.4. The Morgan fingerprint density at radius 1 is 1.12 bits per heavy atom. The quantitative estimate of drug-likeness (QED) is 0.790. The minimum atomic E-state index is -2.25. The molecule has 0 amide bonds. The zero-order valence-electron chi connectivity index (χ0n) is 10.1. The molecule has 0 aromatic heterocycles. The molecule has 1 aliphatic rings. The van der Waals surface area contributed by atoms with Gasteiger partial charge in [0.2, 0.25) is 0 Å². The summed E-state index contributed by atoms with van der Waals surface area (Å²) in [6.07, 6.45) is -1.36. The van der Waals surface area contributed by atoms with E-state index in [2.05, 4.69) is 4.90 Å². The lowest BCUT2D eigenvalue weighted by atomic mass is 10.1. The fraction of sp³-hybridized carbons (Fsp3) is 1.00. The number of nitrogens with zero attached hydrogens (tertiary/aromatic N) is 2. The highest BCUT2D eigenvalue weighted by Gasteiger charge is 2.22. The highest BCUT2D eigenvalue weighted by molar-refractivity contribution is 4.76. The van der Waals surface area contributed by atoms with Crippen LogP contribution < -0.4 is 0 Å². The van der Waals surface area contributed by atoms with E-state index in [1.54, 1.807) is 18.7 Å². The van der Waals surface area contributed by atoms with Crippen molar-refractivity contribution in [1.82, 2.24) is 9.80 Å². The highest BCUT2D eigenvalue weighted by Crippen LogP contribution is 2.10. The molecule has 3 nitrogen and oxygen atoms in total. The molecule has 1 aliphatic heterocycles. The van der Waals surface area contributed by atoms with Crippen LogP contribution in [-0.2, 0) is 0 Å². The largest absolute Gasteiger partial charge is 0.389 e. The van der Waals surface area contributed by atoms with Crippen molar-refractivity contribution in [3.8, 4) is 0 Å². The Labute approximate surface area is 96.0 Å². The number of hydrogen-bond donors (Lipinski definition) is 1. The van der Waals surface area contributed by atoms with Crippen LogP contribution in [0, 0.1) is 0 Å². The van der Waals surface area contributed by atoms with Gasteiger partial charge in [0.15, 0.2) is 0 Å². The number of rotatable bonds is 4. The van der Waals surface area contributed by atoms with Gasteiger partial charge in [-0.3, -0.25) is 9.80 Å². The van der Waals surface area contributed by atoms with Crippen LogP contribution >= 0.6 is 0 Å². The summed E-state index contributed by atoms with van der Waals surface area (Å²) in [6, 6.07) is 0. The fourth-order valence-electron chi connectivity index (χ4n) is 2.11. The third-order valence-corrected chi connectivity index (χ3v) is 2.69. The number of aliphatic hydroxyl groups is 1. The maximum atomic E-state index is 12.2. The molecule has 96 valence electrons. The molecule has 0 saturated carbocycles. The van der Waals surface area contributed by atoms with E-state index < -0.39 is 12.0 Å². The minimum Gasteiger partial charge on any atom is -0.389 e. The van der Waals surface area contributed by atoms with Crippen molar-refractivity contribution in [1.29, 1.82) is 0 Å². The first-order valence-corrected chi connectivity index (χ1v) is 5.82. The molecule has 1 heterocycles. The van der Waals surface area contributed by atoms with Crippen molar-refractivity contribution in [3.63, 3.8) is 0 Å². The molecule has 0 aromatic rings. The topological polar surface area (TPSA) is 26.7 Å². The fourth-order valence-corrected chi connectivity index (χ4v) is 2.11. The molecular weight excluding hydrogens is 214 g/mol. The smallest absolute Gasteiger partial charge is 0.251 e. The van der Waals surface area contributed by atoms with E-state index in [1.165, 1.54) is 0 Å². The number of halogens is 2. The van der Waals surface area contributed by atoms with Gasteiger partial charge < -0.3 is 5.11 Å². The van der Waals surface area contributed by atoms with E-state index in [0.29, 0.717) is 13.1 Å². The molecule has 1 saturated heterocycles. The van der Waals surface area contributed by atoms with Crippen LogP contribution in [-0.4, -0.2) is 66.2 Å². The molecule has 5 heteroatoms. The predicted molar refractivity (Wildman–Crippen MR) is 59.8 cm³/mol. The summed E-state index contributed by atoms with van der Waals surface area (Å²) in [5.74, 6) is 0. The first kappa shape index (κ1) is 13.8. The van der Waals surface area contributed by atoms with Gasteiger partial charge >= 0.3 is 0 Å². The SMILES string of the molecule is CC(C)(O)CN1CCCN(CC(F)F)CC1. The molecule has 1 rings (SSSR count). The van der Waals surface area contributed by atoms with E-state index in [4.69, 9.17) is 0 Å². The molecular formula is C11H22F2N2O. The minimum absolute atomic E-state index is 0.129. The average Bonchev–Trinajstić information content (AvgIpc) is 2.27. The van der Waals surface area contributed by atoms with Gasteiger partial charge in [-0.25, -0.2) is 8.78 Å².